The molecular formula is C24H40. The van der Waals surface area contributed by atoms with Crippen molar-refractivity contribution < 1.29 is 0 Å². The second-order valence-electron chi connectivity index (χ2n) is 5.29. The predicted octanol–water partition coefficient (Wildman–Crippen LogP) is 8.39. The first-order valence-corrected chi connectivity index (χ1v) is 8.99. The molecule has 0 aromatic heterocycles. The minimum atomic E-state index is 1.10. The Morgan fingerprint density at radius 1 is 0.958 bits per heavy atom. The molecule has 0 bridgehead atoms. The molecule has 0 atom stereocenters. The van der Waals surface area contributed by atoms with Gasteiger partial charge in [0.2, 0.25) is 0 Å². The smallest absolute Gasteiger partial charge is 0.0245 e. The summed E-state index contributed by atoms with van der Waals surface area (Å²) in [5.41, 5.74) is 5.34. The standard InChI is InChI=1S/C12H20.C8H10.C2H6.C2H4/c1-5-7-8-12(6-2)10-9-11(3)4;1-7-3-5-8(2)6-4-7;2*1-2/h6-8H,3,5,9-10H2,1-2,4H3;3-6H,1-2H3;1-2H3;1-2H2/b8-7-,12-6+;;;. The summed E-state index contributed by atoms with van der Waals surface area (Å²) < 4.78 is 0. The Morgan fingerprint density at radius 2 is 1.38 bits per heavy atom. The summed E-state index contributed by atoms with van der Waals surface area (Å²) in [5, 5.41) is 0. The van der Waals surface area contributed by atoms with Crippen LogP contribution in [0.2, 0.25) is 0 Å². The largest absolute Gasteiger partial charge is 0.106 e. The zero-order chi connectivity index (χ0) is 19.4. The Morgan fingerprint density at radius 3 is 1.67 bits per heavy atom. The van der Waals surface area contributed by atoms with Crippen LogP contribution in [0.15, 0.2) is 73.4 Å². The molecule has 1 aromatic carbocycles. The lowest BCUT2D eigenvalue weighted by atomic mass is 10.1. The summed E-state index contributed by atoms with van der Waals surface area (Å²) in [4.78, 5) is 0. The van der Waals surface area contributed by atoms with E-state index in [4.69, 9.17) is 0 Å². The van der Waals surface area contributed by atoms with Crippen molar-refractivity contribution in [1.82, 2.24) is 0 Å². The van der Waals surface area contributed by atoms with Crippen molar-refractivity contribution in [3.8, 4) is 0 Å². The van der Waals surface area contributed by atoms with E-state index in [9.17, 15) is 0 Å². The Balaban J connectivity index is -0.000000317. The minimum Gasteiger partial charge on any atom is -0.106 e. The van der Waals surface area contributed by atoms with Crippen molar-refractivity contribution in [2.75, 3.05) is 0 Å². The average molecular weight is 329 g/mol. The van der Waals surface area contributed by atoms with Crippen LogP contribution in [0.1, 0.15) is 65.0 Å². The third-order valence-electron chi connectivity index (χ3n) is 3.00. The molecular weight excluding hydrogens is 288 g/mol. The molecule has 0 unspecified atom stereocenters. The summed E-state index contributed by atoms with van der Waals surface area (Å²) in [6.07, 6.45) is 9.94. The van der Waals surface area contributed by atoms with Gasteiger partial charge in [0, 0.05) is 0 Å². The molecule has 0 spiro atoms. The Bertz CT molecular complexity index is 422. The van der Waals surface area contributed by atoms with E-state index >= 15 is 0 Å². The molecule has 0 aliphatic carbocycles. The predicted molar refractivity (Wildman–Crippen MR) is 116 cm³/mol. The number of aryl methyl sites for hydroxylation is 2. The first kappa shape index (κ1) is 27.0. The topological polar surface area (TPSA) is 0 Å². The Hall–Kier alpha value is -1.82. The maximum atomic E-state index is 3.89. The molecule has 0 fully saturated rings. The van der Waals surface area contributed by atoms with Crippen LogP contribution in [-0.2, 0) is 0 Å². The van der Waals surface area contributed by atoms with Gasteiger partial charge in [-0.25, -0.2) is 0 Å². The lowest BCUT2D eigenvalue weighted by Crippen LogP contribution is -1.80. The fraction of sp³-hybridized carbons (Fsp3) is 0.417. The highest BCUT2D eigenvalue weighted by Gasteiger charge is 1.91. The van der Waals surface area contributed by atoms with Crippen molar-refractivity contribution in [3.63, 3.8) is 0 Å². The first-order chi connectivity index (χ1) is 11.5. The van der Waals surface area contributed by atoms with Gasteiger partial charge in [0.1, 0.15) is 0 Å². The lowest BCUT2D eigenvalue weighted by molar-refractivity contribution is 0.946. The van der Waals surface area contributed by atoms with Crippen molar-refractivity contribution in [3.05, 3.63) is 84.5 Å². The number of rotatable bonds is 5. The number of allylic oxidation sites excluding steroid dienone is 5. The number of hydrogen-bond donors (Lipinski definition) is 0. The third kappa shape index (κ3) is 20.2. The quantitative estimate of drug-likeness (QED) is 0.376. The monoisotopic (exact) mass is 328 g/mol. The van der Waals surface area contributed by atoms with Crippen LogP contribution in [-0.4, -0.2) is 0 Å². The minimum absolute atomic E-state index is 1.10. The van der Waals surface area contributed by atoms with Gasteiger partial charge in [-0.05, 0) is 47.0 Å². The zero-order valence-corrected chi connectivity index (χ0v) is 17.3. The molecule has 0 saturated heterocycles. The normalized spacial score (nSPS) is 9.71. The SMILES string of the molecule is C=C.C=C(C)CCC(/C=C\CC)=C/C.CC.Cc1ccc(C)cc1. The molecule has 24 heavy (non-hydrogen) atoms. The highest BCUT2D eigenvalue weighted by Crippen LogP contribution is 2.11. The fourth-order valence-corrected chi connectivity index (χ4v) is 1.59. The second-order valence-corrected chi connectivity index (χ2v) is 5.29. The van der Waals surface area contributed by atoms with Crippen molar-refractivity contribution in [1.29, 1.82) is 0 Å². The van der Waals surface area contributed by atoms with Crippen LogP contribution in [0.3, 0.4) is 0 Å². The number of benzene rings is 1. The molecule has 0 heterocycles. The number of hydrogen-bond acceptors (Lipinski definition) is 0. The Labute approximate surface area is 152 Å². The van der Waals surface area contributed by atoms with E-state index in [1.165, 1.54) is 22.3 Å². The van der Waals surface area contributed by atoms with E-state index in [-0.39, 0.29) is 0 Å². The molecule has 0 N–H and O–H groups in total. The molecule has 0 radical (unpaired) electrons. The third-order valence-corrected chi connectivity index (χ3v) is 3.00. The maximum absolute atomic E-state index is 3.89. The fourth-order valence-electron chi connectivity index (χ4n) is 1.59. The lowest BCUT2D eigenvalue weighted by Gasteiger charge is -2.00. The van der Waals surface area contributed by atoms with Gasteiger partial charge in [-0.1, -0.05) is 85.5 Å². The van der Waals surface area contributed by atoms with E-state index in [0.717, 1.165) is 19.3 Å². The summed E-state index contributed by atoms with van der Waals surface area (Å²) in [6.45, 7) is 24.4. The van der Waals surface area contributed by atoms with Crippen LogP contribution < -0.4 is 0 Å². The van der Waals surface area contributed by atoms with Crippen LogP contribution >= 0.6 is 0 Å². The zero-order valence-electron chi connectivity index (χ0n) is 17.3. The van der Waals surface area contributed by atoms with Gasteiger partial charge in [0.25, 0.3) is 0 Å². The molecule has 0 nitrogen and oxygen atoms in total. The summed E-state index contributed by atoms with van der Waals surface area (Å²) in [5.74, 6) is 0. The molecule has 0 heteroatoms. The van der Waals surface area contributed by atoms with Gasteiger partial charge < -0.3 is 0 Å². The molecule has 136 valence electrons. The van der Waals surface area contributed by atoms with E-state index in [1.54, 1.807) is 0 Å². The highest BCUT2D eigenvalue weighted by atomic mass is 14.0. The molecule has 0 saturated carbocycles. The molecule has 1 rings (SSSR count). The molecule has 0 aliphatic rings. The molecule has 1 aromatic rings. The second kappa shape index (κ2) is 21.2. The van der Waals surface area contributed by atoms with Crippen molar-refractivity contribution in [2.45, 2.75) is 67.7 Å². The van der Waals surface area contributed by atoms with Crippen LogP contribution in [0.5, 0.6) is 0 Å². The summed E-state index contributed by atoms with van der Waals surface area (Å²) in [7, 11) is 0. The van der Waals surface area contributed by atoms with Gasteiger partial charge in [0.15, 0.2) is 0 Å². The molecule has 0 aliphatic heterocycles. The average Bonchev–Trinajstić information content (AvgIpc) is 2.61. The van der Waals surface area contributed by atoms with E-state index in [2.05, 4.69) is 96.8 Å². The maximum Gasteiger partial charge on any atom is -0.0245 e. The van der Waals surface area contributed by atoms with E-state index in [1.807, 2.05) is 13.8 Å². The van der Waals surface area contributed by atoms with Gasteiger partial charge in [-0.15, -0.1) is 19.7 Å². The van der Waals surface area contributed by atoms with Gasteiger partial charge in [-0.3, -0.25) is 0 Å². The molecule has 0 amide bonds. The summed E-state index contributed by atoms with van der Waals surface area (Å²) in [6, 6.07) is 8.48. The van der Waals surface area contributed by atoms with Crippen LogP contribution in [0, 0.1) is 13.8 Å². The van der Waals surface area contributed by atoms with Gasteiger partial charge in [0.05, 0.1) is 0 Å². The summed E-state index contributed by atoms with van der Waals surface area (Å²) >= 11 is 0. The van der Waals surface area contributed by atoms with Crippen LogP contribution in [0.25, 0.3) is 0 Å². The first-order valence-electron chi connectivity index (χ1n) is 8.99. The van der Waals surface area contributed by atoms with Crippen LogP contribution in [0.4, 0.5) is 0 Å². The van der Waals surface area contributed by atoms with Gasteiger partial charge in [-0.2, -0.15) is 0 Å². The Kier molecular flexibility index (Phi) is 23.9. The van der Waals surface area contributed by atoms with E-state index < -0.39 is 0 Å². The van der Waals surface area contributed by atoms with Crippen molar-refractivity contribution in [2.24, 2.45) is 0 Å². The van der Waals surface area contributed by atoms with Crippen molar-refractivity contribution >= 4 is 0 Å². The van der Waals surface area contributed by atoms with E-state index in [0.29, 0.717) is 0 Å². The van der Waals surface area contributed by atoms with Gasteiger partial charge >= 0.3 is 0 Å². The highest BCUT2D eigenvalue weighted by molar-refractivity contribution is 5.19.